The molecule has 1 aliphatic rings. The van der Waals surface area contributed by atoms with Crippen LogP contribution in [0.1, 0.15) is 34.7 Å². The monoisotopic (exact) mass is 282 g/mol. The van der Waals surface area contributed by atoms with Crippen molar-refractivity contribution in [2.45, 2.75) is 32.7 Å². The molecule has 0 aliphatic heterocycles. The Morgan fingerprint density at radius 1 is 1.19 bits per heavy atom. The summed E-state index contributed by atoms with van der Waals surface area (Å²) in [5.74, 6) is 0. The van der Waals surface area contributed by atoms with Crippen molar-refractivity contribution in [1.29, 1.82) is 0 Å². The molecule has 1 N–H and O–H groups in total. The molecule has 4 heteroatoms. The van der Waals surface area contributed by atoms with Crippen molar-refractivity contribution >= 4 is 11.4 Å². The van der Waals surface area contributed by atoms with E-state index in [1.54, 1.807) is 13.0 Å². The summed E-state index contributed by atoms with van der Waals surface area (Å²) >= 11 is 0. The van der Waals surface area contributed by atoms with Crippen LogP contribution in [0.3, 0.4) is 0 Å². The minimum Gasteiger partial charge on any atom is -0.378 e. The molecule has 0 saturated carbocycles. The molecule has 0 saturated heterocycles. The molecule has 2 aromatic rings. The van der Waals surface area contributed by atoms with Gasteiger partial charge in [-0.2, -0.15) is 0 Å². The first-order valence-electron chi connectivity index (χ1n) is 7.16. The number of nitrogens with zero attached hydrogens (tertiary/aromatic N) is 1. The van der Waals surface area contributed by atoms with Crippen molar-refractivity contribution in [3.8, 4) is 0 Å². The molecular formula is C17H18N2O2. The lowest BCUT2D eigenvalue weighted by Gasteiger charge is -2.18. The zero-order valence-corrected chi connectivity index (χ0v) is 12.2. The first-order chi connectivity index (χ1) is 10.1. The van der Waals surface area contributed by atoms with Crippen LogP contribution in [0.15, 0.2) is 36.4 Å². The minimum absolute atomic E-state index is 0.185. The highest BCUT2D eigenvalue weighted by Gasteiger charge is 2.23. The van der Waals surface area contributed by atoms with Gasteiger partial charge in [0.25, 0.3) is 5.69 Å². The van der Waals surface area contributed by atoms with E-state index in [2.05, 4.69) is 29.6 Å². The third kappa shape index (κ3) is 2.49. The maximum Gasteiger partial charge on any atom is 0.272 e. The van der Waals surface area contributed by atoms with Crippen LogP contribution in [0.2, 0.25) is 0 Å². The number of nitrogens with one attached hydrogen (secondary N) is 1. The molecule has 3 rings (SSSR count). The third-order valence-electron chi connectivity index (χ3n) is 4.20. The Labute approximate surface area is 124 Å². The largest absolute Gasteiger partial charge is 0.378 e. The summed E-state index contributed by atoms with van der Waals surface area (Å²) < 4.78 is 0. The maximum absolute atomic E-state index is 11.0. The van der Waals surface area contributed by atoms with Crippen molar-refractivity contribution in [3.05, 3.63) is 68.8 Å². The Morgan fingerprint density at radius 2 is 1.95 bits per heavy atom. The van der Waals surface area contributed by atoms with E-state index in [1.807, 2.05) is 13.0 Å². The number of nitro groups is 1. The molecule has 0 radical (unpaired) electrons. The van der Waals surface area contributed by atoms with Crippen LogP contribution in [0.25, 0.3) is 0 Å². The molecule has 108 valence electrons. The number of nitro benzene ring substituents is 1. The number of fused-ring (bicyclic) bond motifs is 1. The Kier molecular flexibility index (Phi) is 3.37. The van der Waals surface area contributed by atoms with Gasteiger partial charge in [0.05, 0.1) is 11.0 Å². The molecule has 1 atom stereocenters. The third-order valence-corrected chi connectivity index (χ3v) is 4.20. The van der Waals surface area contributed by atoms with Crippen LogP contribution < -0.4 is 5.32 Å². The van der Waals surface area contributed by atoms with E-state index < -0.39 is 0 Å². The summed E-state index contributed by atoms with van der Waals surface area (Å²) in [6.07, 6.45) is 2.15. The second-order valence-corrected chi connectivity index (χ2v) is 5.65. The molecule has 4 nitrogen and oxygen atoms in total. The fraction of sp³-hybridized carbons (Fsp3) is 0.294. The predicted octanol–water partition coefficient (Wildman–Crippen LogP) is 4.31. The standard InChI is InChI=1S/C17H18N2O2/c1-11-10-17(19(20)21)12(2)9-16(11)18-15-8-7-13-5-3-4-6-14(13)15/h3-6,9-10,15,18H,7-8H2,1-2H3. The smallest absolute Gasteiger partial charge is 0.272 e. The van der Waals surface area contributed by atoms with Crippen molar-refractivity contribution in [1.82, 2.24) is 0 Å². The van der Waals surface area contributed by atoms with Crippen molar-refractivity contribution in [3.63, 3.8) is 0 Å². The highest BCUT2D eigenvalue weighted by atomic mass is 16.6. The topological polar surface area (TPSA) is 55.2 Å². The first-order valence-corrected chi connectivity index (χ1v) is 7.16. The SMILES string of the molecule is Cc1cc([N+](=O)[O-])c(C)cc1NC1CCc2ccccc21. The van der Waals surface area contributed by atoms with Crippen LogP contribution in [0.5, 0.6) is 0 Å². The highest BCUT2D eigenvalue weighted by molar-refractivity contribution is 5.60. The molecule has 0 amide bonds. The summed E-state index contributed by atoms with van der Waals surface area (Å²) in [4.78, 5) is 10.7. The average molecular weight is 282 g/mol. The summed E-state index contributed by atoms with van der Waals surface area (Å²) in [6, 6.07) is 12.3. The van der Waals surface area contributed by atoms with E-state index in [0.717, 1.165) is 24.1 Å². The van der Waals surface area contributed by atoms with Crippen LogP contribution in [-0.4, -0.2) is 4.92 Å². The fourth-order valence-electron chi connectivity index (χ4n) is 3.05. The molecule has 0 spiro atoms. The first kappa shape index (κ1) is 13.6. The van der Waals surface area contributed by atoms with Crippen molar-refractivity contribution in [2.24, 2.45) is 0 Å². The van der Waals surface area contributed by atoms with Gasteiger partial charge < -0.3 is 5.32 Å². The predicted molar refractivity (Wildman–Crippen MR) is 83.7 cm³/mol. The van der Waals surface area contributed by atoms with E-state index >= 15 is 0 Å². The molecule has 2 aromatic carbocycles. The van der Waals surface area contributed by atoms with Gasteiger partial charge in [0, 0.05) is 17.3 Å². The highest BCUT2D eigenvalue weighted by Crippen LogP contribution is 2.35. The van der Waals surface area contributed by atoms with Gasteiger partial charge in [0.2, 0.25) is 0 Å². The minimum atomic E-state index is -0.322. The van der Waals surface area contributed by atoms with Gasteiger partial charge in [-0.25, -0.2) is 0 Å². The Morgan fingerprint density at radius 3 is 2.71 bits per heavy atom. The molecule has 0 fully saturated rings. The zero-order valence-electron chi connectivity index (χ0n) is 12.2. The quantitative estimate of drug-likeness (QED) is 0.674. The number of rotatable bonds is 3. The second-order valence-electron chi connectivity index (χ2n) is 5.65. The normalized spacial score (nSPS) is 16.6. The molecule has 0 heterocycles. The maximum atomic E-state index is 11.0. The molecule has 0 aromatic heterocycles. The lowest BCUT2D eigenvalue weighted by atomic mass is 10.1. The van der Waals surface area contributed by atoms with Crippen LogP contribution in [-0.2, 0) is 6.42 Å². The van der Waals surface area contributed by atoms with Crippen molar-refractivity contribution in [2.75, 3.05) is 5.32 Å². The van der Waals surface area contributed by atoms with Gasteiger partial charge in [-0.05, 0) is 49.4 Å². The number of aryl methyl sites for hydroxylation is 3. The summed E-state index contributed by atoms with van der Waals surface area (Å²) in [7, 11) is 0. The molecule has 0 bridgehead atoms. The van der Waals surface area contributed by atoms with Gasteiger partial charge in [-0.3, -0.25) is 10.1 Å². The van der Waals surface area contributed by atoms with Gasteiger partial charge in [-0.15, -0.1) is 0 Å². The molecular weight excluding hydrogens is 264 g/mol. The zero-order chi connectivity index (χ0) is 15.0. The molecule has 21 heavy (non-hydrogen) atoms. The van der Waals surface area contributed by atoms with E-state index in [4.69, 9.17) is 0 Å². The van der Waals surface area contributed by atoms with Gasteiger partial charge >= 0.3 is 0 Å². The molecule has 1 aliphatic carbocycles. The van der Waals surface area contributed by atoms with Gasteiger partial charge in [-0.1, -0.05) is 24.3 Å². The van der Waals surface area contributed by atoms with E-state index in [-0.39, 0.29) is 10.6 Å². The van der Waals surface area contributed by atoms with E-state index in [1.165, 1.54) is 11.1 Å². The second kappa shape index (κ2) is 5.20. The summed E-state index contributed by atoms with van der Waals surface area (Å²) in [5, 5.41) is 14.5. The Balaban J connectivity index is 1.90. The average Bonchev–Trinajstić information content (AvgIpc) is 2.85. The fourth-order valence-corrected chi connectivity index (χ4v) is 3.05. The number of hydrogen-bond donors (Lipinski definition) is 1. The Bertz CT molecular complexity index is 710. The van der Waals surface area contributed by atoms with Crippen molar-refractivity contribution < 1.29 is 4.92 Å². The van der Waals surface area contributed by atoms with Crippen LogP contribution >= 0.6 is 0 Å². The van der Waals surface area contributed by atoms with Crippen LogP contribution in [0.4, 0.5) is 11.4 Å². The van der Waals surface area contributed by atoms with Gasteiger partial charge in [0.15, 0.2) is 0 Å². The van der Waals surface area contributed by atoms with E-state index in [0.29, 0.717) is 11.6 Å². The lowest BCUT2D eigenvalue weighted by molar-refractivity contribution is -0.385. The summed E-state index contributed by atoms with van der Waals surface area (Å²) in [5.41, 5.74) is 5.51. The lowest BCUT2D eigenvalue weighted by Crippen LogP contribution is -2.09. The van der Waals surface area contributed by atoms with E-state index in [9.17, 15) is 10.1 Å². The van der Waals surface area contributed by atoms with Gasteiger partial charge in [0.1, 0.15) is 0 Å². The molecule has 1 unspecified atom stereocenters. The summed E-state index contributed by atoms with van der Waals surface area (Å²) in [6.45, 7) is 3.70. The van der Waals surface area contributed by atoms with Crippen LogP contribution in [0, 0.1) is 24.0 Å². The number of anilines is 1. The number of hydrogen-bond acceptors (Lipinski definition) is 3. The Hall–Kier alpha value is -2.36. The number of benzene rings is 2.